The van der Waals surface area contributed by atoms with Gasteiger partial charge in [-0.3, -0.25) is 0 Å². The van der Waals surface area contributed by atoms with Gasteiger partial charge in [0.15, 0.2) is 0 Å². The van der Waals surface area contributed by atoms with Crippen molar-refractivity contribution >= 4 is 43.6 Å². The Hall–Kier alpha value is -7.42. The molecule has 0 saturated heterocycles. The van der Waals surface area contributed by atoms with Crippen molar-refractivity contribution in [3.63, 3.8) is 0 Å². The average Bonchev–Trinajstić information content (AvgIpc) is 1.50. The highest BCUT2D eigenvalue weighted by atomic mass is 15.0. The summed E-state index contributed by atoms with van der Waals surface area (Å²) in [6, 6.07) is -36.6. The Morgan fingerprint density at radius 2 is 0.589 bits per heavy atom. The molecule has 0 unspecified atom stereocenters. The molecule has 2 nitrogen and oxygen atoms in total. The first-order valence-electron chi connectivity index (χ1n) is 34.3. The SMILES string of the molecule is [2H]c1c([2H])c([2H])c(-c2c([2H])c([2H])c(-c3c([2H])c([2H])c(-n4c5c([2H])c([2H])c([2H])c([2H])c5c5c([2H])c(-c6c([2H])c([2H])c7c(c6[2H])c6c([2H])c([2H])c([2H])c([2H])c6n7-c6c([2H])c([2H])c([2H])c(-c7c([2H])c([2H])c([2H])c([2H])c7[2H])c6[2H])c([2H])c([2H])c54)c([2H])c3[2H])c([2H])c2[2H])c([2H])c1[2H]. The predicted molar refractivity (Wildman–Crippen MR) is 237 cm³/mol. The fraction of sp³-hybridized carbons (Fsp3) is 0. The van der Waals surface area contributed by atoms with E-state index in [9.17, 15) is 21.9 Å². The molecular formula is C54H36N2. The lowest BCUT2D eigenvalue weighted by Gasteiger charge is -2.11. The minimum atomic E-state index is -1.16. The van der Waals surface area contributed by atoms with E-state index in [1.54, 1.807) is 0 Å². The first-order chi connectivity index (χ1) is 42.8. The average molecular weight is 749 g/mol. The molecule has 0 aliphatic heterocycles. The zero-order chi connectivity index (χ0) is 68.3. The minimum Gasteiger partial charge on any atom is -0.309 e. The van der Waals surface area contributed by atoms with E-state index in [0.717, 1.165) is 0 Å². The van der Waals surface area contributed by atoms with Crippen molar-refractivity contribution in [2.24, 2.45) is 0 Å². The van der Waals surface area contributed by atoms with Gasteiger partial charge in [0.2, 0.25) is 0 Å². The predicted octanol–water partition coefficient (Wildman–Crippen LogP) is 14.5. The fourth-order valence-corrected chi connectivity index (χ4v) is 6.15. The van der Waals surface area contributed by atoms with Gasteiger partial charge in [0.25, 0.3) is 0 Å². The van der Waals surface area contributed by atoms with Gasteiger partial charge in [-0.1, -0.05) is 157 Å². The van der Waals surface area contributed by atoms with Crippen molar-refractivity contribution in [1.29, 1.82) is 0 Å². The molecule has 262 valence electrons. The molecule has 0 N–H and O–H groups in total. The highest BCUT2D eigenvalue weighted by molar-refractivity contribution is 6.12. The number of rotatable bonds is 6. The molecule has 0 radical (unpaired) electrons. The molecular weight excluding hydrogens is 677 g/mol. The fourth-order valence-electron chi connectivity index (χ4n) is 6.15. The molecule has 0 saturated carbocycles. The van der Waals surface area contributed by atoms with Crippen LogP contribution in [0.3, 0.4) is 0 Å². The lowest BCUT2D eigenvalue weighted by atomic mass is 10.00. The lowest BCUT2D eigenvalue weighted by Crippen LogP contribution is -1.94. The van der Waals surface area contributed by atoms with Crippen molar-refractivity contribution in [1.82, 2.24) is 9.13 Å². The third-order valence-electron chi connectivity index (χ3n) is 8.61. The Labute approximate surface area is 376 Å². The molecule has 0 bridgehead atoms. The summed E-state index contributed by atoms with van der Waals surface area (Å²) in [5.74, 6) is 0. The Kier molecular flexibility index (Phi) is 2.89. The largest absolute Gasteiger partial charge is 0.309 e. The van der Waals surface area contributed by atoms with Gasteiger partial charge in [-0.2, -0.15) is 0 Å². The van der Waals surface area contributed by atoms with E-state index in [4.69, 9.17) is 27.4 Å². The number of hydrogen-bond donors (Lipinski definition) is 0. The molecule has 0 atom stereocenters. The number of aromatic nitrogens is 2. The summed E-state index contributed by atoms with van der Waals surface area (Å²) in [5.41, 5.74) is -11.7. The highest BCUT2D eigenvalue weighted by Gasteiger charge is 2.16. The molecule has 0 fully saturated rings. The Morgan fingerprint density at radius 1 is 0.232 bits per heavy atom. The van der Waals surface area contributed by atoms with Crippen LogP contribution in [0.4, 0.5) is 0 Å². The number of fused-ring (bicyclic) bond motifs is 6. The topological polar surface area (TPSA) is 9.86 Å². The van der Waals surface area contributed by atoms with Crippen LogP contribution in [0.25, 0.3) is 99.5 Å². The van der Waals surface area contributed by atoms with E-state index in [2.05, 4.69) is 0 Å². The molecule has 56 heavy (non-hydrogen) atoms. The van der Waals surface area contributed by atoms with Gasteiger partial charge in [0.05, 0.1) is 71.4 Å². The van der Waals surface area contributed by atoms with Crippen LogP contribution >= 0.6 is 0 Å². The van der Waals surface area contributed by atoms with Gasteiger partial charge in [0, 0.05) is 32.9 Å². The van der Waals surface area contributed by atoms with Crippen LogP contribution in [0, 0.1) is 0 Å². The van der Waals surface area contributed by atoms with Crippen LogP contribution in [-0.2, 0) is 0 Å². The molecule has 0 amide bonds. The van der Waals surface area contributed by atoms with Gasteiger partial charge >= 0.3 is 0 Å². The zero-order valence-electron chi connectivity index (χ0n) is 63.9. The molecule has 2 aromatic heterocycles. The summed E-state index contributed by atoms with van der Waals surface area (Å²) in [4.78, 5) is 0. The minimum absolute atomic E-state index is 0.621. The van der Waals surface area contributed by atoms with E-state index in [0.29, 0.717) is 9.13 Å². The molecule has 0 spiro atoms. The van der Waals surface area contributed by atoms with Gasteiger partial charge in [0.1, 0.15) is 0 Å². The highest BCUT2D eigenvalue weighted by Crippen LogP contribution is 2.39. The van der Waals surface area contributed by atoms with Gasteiger partial charge in [-0.25, -0.2) is 0 Å². The summed E-state index contributed by atoms with van der Waals surface area (Å²) in [7, 11) is 0. The lowest BCUT2D eigenvalue weighted by molar-refractivity contribution is 1.18. The second-order valence-electron chi connectivity index (χ2n) is 11.8. The third kappa shape index (κ3) is 5.34. The monoisotopic (exact) mass is 749 g/mol. The van der Waals surface area contributed by atoms with E-state index in [1.165, 1.54) is 0 Å². The van der Waals surface area contributed by atoms with Gasteiger partial charge in [-0.15, -0.1) is 0 Å². The maximum Gasteiger partial charge on any atom is 0.0651 e. The number of para-hydroxylation sites is 2. The summed E-state index contributed by atoms with van der Waals surface area (Å²) in [6.45, 7) is 0. The molecule has 0 aliphatic rings. The van der Waals surface area contributed by atoms with Crippen LogP contribution in [-0.4, -0.2) is 9.13 Å². The van der Waals surface area contributed by atoms with E-state index in [-0.39, 0.29) is 0 Å². The van der Waals surface area contributed by atoms with Gasteiger partial charge < -0.3 is 9.13 Å². The molecule has 2 heteroatoms. The second kappa shape index (κ2) is 13.2. The number of nitrogens with zero attached hydrogens (tertiary/aromatic N) is 2. The summed E-state index contributed by atoms with van der Waals surface area (Å²) in [5, 5.41) is -2.85. The molecule has 9 aromatic carbocycles. The van der Waals surface area contributed by atoms with E-state index in [1.807, 2.05) is 0 Å². The third-order valence-corrected chi connectivity index (χ3v) is 8.61. The maximum atomic E-state index is 9.95. The maximum absolute atomic E-state index is 9.95. The number of benzene rings is 9. The van der Waals surface area contributed by atoms with Crippen LogP contribution < -0.4 is 0 Å². The van der Waals surface area contributed by atoms with Crippen LogP contribution in [0.2, 0.25) is 0 Å². The van der Waals surface area contributed by atoms with Crippen molar-refractivity contribution in [3.05, 3.63) is 218 Å². The summed E-state index contributed by atoms with van der Waals surface area (Å²) in [6.07, 6.45) is 0. The Balaban J connectivity index is 1.25. The Morgan fingerprint density at radius 3 is 1.12 bits per heavy atom. The summed E-state index contributed by atoms with van der Waals surface area (Å²) >= 11 is 0. The van der Waals surface area contributed by atoms with Crippen LogP contribution in [0.5, 0.6) is 0 Å². The van der Waals surface area contributed by atoms with Crippen molar-refractivity contribution in [3.8, 4) is 55.9 Å². The van der Waals surface area contributed by atoms with E-state index >= 15 is 0 Å². The van der Waals surface area contributed by atoms with Crippen LogP contribution in [0.15, 0.2) is 218 Å². The van der Waals surface area contributed by atoms with Crippen molar-refractivity contribution in [2.45, 2.75) is 0 Å². The van der Waals surface area contributed by atoms with Gasteiger partial charge in [-0.05, 0) is 105 Å². The van der Waals surface area contributed by atoms with Crippen molar-refractivity contribution in [2.75, 3.05) is 0 Å². The summed E-state index contributed by atoms with van der Waals surface area (Å²) < 4.78 is 325. The smallest absolute Gasteiger partial charge is 0.0651 e. The molecule has 11 rings (SSSR count). The normalized spacial score (nSPS) is 20.6. The number of hydrogen-bond acceptors (Lipinski definition) is 0. The quantitative estimate of drug-likeness (QED) is 0.160. The molecule has 11 aromatic rings. The van der Waals surface area contributed by atoms with Crippen LogP contribution in [0.1, 0.15) is 49.3 Å². The molecule has 0 aliphatic carbocycles. The first-order valence-corrected chi connectivity index (χ1v) is 16.3. The van der Waals surface area contributed by atoms with Crippen molar-refractivity contribution < 1.29 is 49.3 Å². The second-order valence-corrected chi connectivity index (χ2v) is 11.8. The zero-order valence-corrected chi connectivity index (χ0v) is 27.9. The first kappa shape index (κ1) is 12.3. The standard InChI is InChI=1S/C54H36N2/c1-3-12-37(13-4-1)39-22-24-40(25-23-39)41-26-30-45(31-27-41)55-51-20-9-7-18-47(51)49-35-43(28-32-53(49)55)44-29-33-54-50(36-44)48-19-8-10-21-52(48)56(54)46-17-11-16-42(34-46)38-14-5-2-6-15-38/h1-36H/i1D,2D,3D,4D,5D,6D,7D,8D,9D,10D,11D,12D,13D,14D,15D,16D,17D,18D,19D,20D,21D,22D,23D,24D,25D,26D,27D,28D,29D,30D,31D,32D,33D,34D,35D,36D. The Bertz CT molecular complexity index is 5230. The molecule has 2 heterocycles. The van der Waals surface area contributed by atoms with E-state index < -0.39 is 317 Å².